The van der Waals surface area contributed by atoms with Crippen LogP contribution in [-0.4, -0.2) is 37.2 Å². The summed E-state index contributed by atoms with van der Waals surface area (Å²) < 4.78 is 5.16. The van der Waals surface area contributed by atoms with Crippen molar-refractivity contribution in [3.8, 4) is 0 Å². The van der Waals surface area contributed by atoms with Crippen LogP contribution < -0.4 is 0 Å². The second-order valence-corrected chi connectivity index (χ2v) is 3.00. The van der Waals surface area contributed by atoms with Crippen molar-refractivity contribution in [3.63, 3.8) is 0 Å². The van der Waals surface area contributed by atoms with Crippen molar-refractivity contribution in [2.45, 2.75) is 19.4 Å². The molecule has 0 aliphatic carbocycles. The lowest BCUT2D eigenvalue weighted by molar-refractivity contribution is 0.263. The van der Waals surface area contributed by atoms with E-state index >= 15 is 0 Å². The van der Waals surface area contributed by atoms with E-state index in [-0.39, 0.29) is 0 Å². The summed E-state index contributed by atoms with van der Waals surface area (Å²) in [5.41, 5.74) is 0. The second-order valence-electron chi connectivity index (χ2n) is 3.00. The normalized spacial score (nSPS) is 22.2. The smallest absolute Gasteiger partial charge is 0.0936 e. The van der Waals surface area contributed by atoms with Crippen molar-refractivity contribution in [1.82, 2.24) is 4.90 Å². The average Bonchev–Trinajstić information content (AvgIpc) is 2.73. The molecule has 1 saturated heterocycles. The fourth-order valence-corrected chi connectivity index (χ4v) is 1.22. The van der Waals surface area contributed by atoms with Crippen LogP contribution in [0.1, 0.15) is 13.3 Å². The quantitative estimate of drug-likeness (QED) is 0.424. The van der Waals surface area contributed by atoms with Crippen LogP contribution in [0.25, 0.3) is 0 Å². The van der Waals surface area contributed by atoms with Crippen LogP contribution >= 0.6 is 0 Å². The van der Waals surface area contributed by atoms with Gasteiger partial charge in [-0.05, 0) is 13.0 Å². The summed E-state index contributed by atoms with van der Waals surface area (Å²) in [6.07, 6.45) is 3.68. The third kappa shape index (κ3) is 3.54. The first-order chi connectivity index (χ1) is 5.36. The zero-order valence-corrected chi connectivity index (χ0v) is 7.25. The van der Waals surface area contributed by atoms with E-state index in [0.29, 0.717) is 6.10 Å². The molecule has 1 rings (SSSR count). The van der Waals surface area contributed by atoms with Crippen molar-refractivity contribution in [1.29, 1.82) is 0 Å². The van der Waals surface area contributed by atoms with Crippen molar-refractivity contribution in [3.05, 3.63) is 12.7 Å². The van der Waals surface area contributed by atoms with Gasteiger partial charge in [-0.15, -0.1) is 6.58 Å². The van der Waals surface area contributed by atoms with E-state index in [0.717, 1.165) is 26.2 Å². The first kappa shape index (κ1) is 8.75. The third-order valence-corrected chi connectivity index (χ3v) is 1.79. The molecule has 2 nitrogen and oxygen atoms in total. The van der Waals surface area contributed by atoms with Crippen LogP contribution in [0.15, 0.2) is 12.7 Å². The van der Waals surface area contributed by atoms with E-state index in [1.165, 1.54) is 6.42 Å². The molecule has 0 saturated carbocycles. The summed E-state index contributed by atoms with van der Waals surface area (Å²) >= 11 is 0. The maximum atomic E-state index is 5.16. The molecule has 1 aliphatic heterocycles. The van der Waals surface area contributed by atoms with E-state index in [4.69, 9.17) is 4.74 Å². The number of ether oxygens (including phenoxy) is 1. The number of nitrogens with zero attached hydrogens (tertiary/aromatic N) is 1. The molecule has 0 bridgehead atoms. The molecular formula is C9H17NO. The van der Waals surface area contributed by atoms with Crippen LogP contribution in [0, 0.1) is 0 Å². The number of hydrogen-bond acceptors (Lipinski definition) is 2. The fraction of sp³-hybridized carbons (Fsp3) is 0.778. The van der Waals surface area contributed by atoms with Gasteiger partial charge in [-0.1, -0.05) is 13.0 Å². The first-order valence-corrected chi connectivity index (χ1v) is 4.31. The molecule has 1 fully saturated rings. The fourth-order valence-electron chi connectivity index (χ4n) is 1.22. The van der Waals surface area contributed by atoms with Gasteiger partial charge in [-0.2, -0.15) is 0 Å². The first-order valence-electron chi connectivity index (χ1n) is 4.31. The summed E-state index contributed by atoms with van der Waals surface area (Å²) in [5, 5.41) is 0. The minimum absolute atomic E-state index is 0.515. The maximum absolute atomic E-state index is 5.16. The van der Waals surface area contributed by atoms with Crippen LogP contribution in [0.5, 0.6) is 0 Å². The Bertz CT molecular complexity index is 121. The SMILES string of the molecule is C=CCN(CCC)CC1CO1. The number of rotatable bonds is 6. The molecule has 0 aromatic rings. The molecule has 0 aromatic carbocycles. The van der Waals surface area contributed by atoms with Gasteiger partial charge in [-0.3, -0.25) is 4.90 Å². The third-order valence-electron chi connectivity index (χ3n) is 1.79. The van der Waals surface area contributed by atoms with Crippen LogP contribution in [0.2, 0.25) is 0 Å². The molecule has 64 valence electrons. The summed E-state index contributed by atoms with van der Waals surface area (Å²) in [6.45, 7) is 10.1. The van der Waals surface area contributed by atoms with Gasteiger partial charge >= 0.3 is 0 Å². The maximum Gasteiger partial charge on any atom is 0.0936 e. The van der Waals surface area contributed by atoms with E-state index < -0.39 is 0 Å². The molecule has 0 aromatic heterocycles. The highest BCUT2D eigenvalue weighted by molar-refractivity contribution is 4.79. The number of hydrogen-bond donors (Lipinski definition) is 0. The highest BCUT2D eigenvalue weighted by atomic mass is 16.6. The van der Waals surface area contributed by atoms with E-state index in [2.05, 4.69) is 18.4 Å². The van der Waals surface area contributed by atoms with Gasteiger partial charge in [0.2, 0.25) is 0 Å². The molecule has 1 unspecified atom stereocenters. The second kappa shape index (κ2) is 4.52. The Morgan fingerprint density at radius 2 is 2.45 bits per heavy atom. The predicted octanol–water partition coefficient (Wildman–Crippen LogP) is 1.28. The number of epoxide rings is 1. The van der Waals surface area contributed by atoms with Gasteiger partial charge in [0, 0.05) is 13.1 Å². The van der Waals surface area contributed by atoms with Crippen molar-refractivity contribution in [2.75, 3.05) is 26.2 Å². The molecule has 0 radical (unpaired) electrons. The van der Waals surface area contributed by atoms with Crippen LogP contribution in [0.3, 0.4) is 0 Å². The summed E-state index contributed by atoms with van der Waals surface area (Å²) in [6, 6.07) is 0. The minimum Gasteiger partial charge on any atom is -0.372 e. The van der Waals surface area contributed by atoms with Crippen LogP contribution in [-0.2, 0) is 4.74 Å². The van der Waals surface area contributed by atoms with Gasteiger partial charge in [0.15, 0.2) is 0 Å². The van der Waals surface area contributed by atoms with E-state index in [1.807, 2.05) is 6.08 Å². The Hall–Kier alpha value is -0.340. The van der Waals surface area contributed by atoms with Gasteiger partial charge < -0.3 is 4.74 Å². The monoisotopic (exact) mass is 155 g/mol. The molecule has 1 heterocycles. The molecule has 1 aliphatic rings. The van der Waals surface area contributed by atoms with Crippen molar-refractivity contribution >= 4 is 0 Å². The average molecular weight is 155 g/mol. The van der Waals surface area contributed by atoms with Gasteiger partial charge in [0.05, 0.1) is 12.7 Å². The Kier molecular flexibility index (Phi) is 3.60. The molecule has 1 atom stereocenters. The lowest BCUT2D eigenvalue weighted by atomic mass is 10.3. The lowest BCUT2D eigenvalue weighted by Gasteiger charge is -2.17. The molecular weight excluding hydrogens is 138 g/mol. The molecule has 0 spiro atoms. The van der Waals surface area contributed by atoms with E-state index in [1.54, 1.807) is 0 Å². The predicted molar refractivity (Wildman–Crippen MR) is 46.7 cm³/mol. The Labute approximate surface area is 68.8 Å². The minimum atomic E-state index is 0.515. The van der Waals surface area contributed by atoms with Gasteiger partial charge in [0.25, 0.3) is 0 Å². The van der Waals surface area contributed by atoms with Crippen molar-refractivity contribution in [2.24, 2.45) is 0 Å². The zero-order chi connectivity index (χ0) is 8.10. The lowest BCUT2D eigenvalue weighted by Crippen LogP contribution is -2.28. The topological polar surface area (TPSA) is 15.8 Å². The Balaban J connectivity index is 2.13. The van der Waals surface area contributed by atoms with E-state index in [9.17, 15) is 0 Å². The Morgan fingerprint density at radius 1 is 1.73 bits per heavy atom. The molecule has 0 N–H and O–H groups in total. The highest BCUT2D eigenvalue weighted by Crippen LogP contribution is 2.10. The van der Waals surface area contributed by atoms with Gasteiger partial charge in [0.1, 0.15) is 0 Å². The Morgan fingerprint density at radius 3 is 2.91 bits per heavy atom. The highest BCUT2D eigenvalue weighted by Gasteiger charge is 2.24. The molecule has 11 heavy (non-hydrogen) atoms. The van der Waals surface area contributed by atoms with Gasteiger partial charge in [-0.25, -0.2) is 0 Å². The summed E-state index contributed by atoms with van der Waals surface area (Å²) in [5.74, 6) is 0. The van der Waals surface area contributed by atoms with Crippen molar-refractivity contribution < 1.29 is 4.74 Å². The summed E-state index contributed by atoms with van der Waals surface area (Å²) in [4.78, 5) is 2.38. The zero-order valence-electron chi connectivity index (χ0n) is 7.25. The van der Waals surface area contributed by atoms with Crippen LogP contribution in [0.4, 0.5) is 0 Å². The summed E-state index contributed by atoms with van der Waals surface area (Å²) in [7, 11) is 0. The largest absolute Gasteiger partial charge is 0.372 e. The standard InChI is InChI=1S/C9H17NO/c1-3-5-10(6-4-2)7-9-8-11-9/h3,9H,1,4-8H2,2H3. The molecule has 2 heteroatoms. The molecule has 0 amide bonds.